The van der Waals surface area contributed by atoms with Crippen LogP contribution in [-0.4, -0.2) is 156 Å². The number of anilines is 2. The quantitative estimate of drug-likeness (QED) is 0.145. The number of nitrogens with zero attached hydrogens (tertiary/aromatic N) is 10. The van der Waals surface area contributed by atoms with E-state index in [1.165, 1.54) is 51.4 Å². The third-order valence-electron chi connectivity index (χ3n) is 19.2. The summed E-state index contributed by atoms with van der Waals surface area (Å²) in [5, 5.41) is 0. The summed E-state index contributed by atoms with van der Waals surface area (Å²) >= 11 is 0. The standard InChI is InChI=1S/C60H75FN10O4/c1-5-53(72)68-24-26-69(27-25-68)54-50-18-22-60(36-52(50)62-57(64-54)74-38-45-13-9-23-66(45)3)20-16-48-43(34-60)12-8-14-47(48)44-32-46(67(4)37-44)39-75-58-63-51-35-59(19-15-41-10-6-7-11-42(41)33-59)21-17-49(51)55(65-58)70-28-30-71(31-29-70)56(73)40(2)61/h5-8,10-12,14,44-46H,1-2,9,13,15-39H2,3-4H3/t44?,45-,46-,59+,60+/m0/s1. The molecular formula is C60H75FN10O4. The van der Waals surface area contributed by atoms with Crippen LogP contribution in [0.3, 0.4) is 0 Å². The summed E-state index contributed by atoms with van der Waals surface area (Å²) in [7, 11) is 4.41. The molecule has 2 spiro atoms. The van der Waals surface area contributed by atoms with Crippen molar-refractivity contribution in [2.24, 2.45) is 10.8 Å². The Morgan fingerprint density at radius 3 is 1.81 bits per heavy atom. The molecule has 0 bridgehead atoms. The van der Waals surface area contributed by atoms with E-state index < -0.39 is 11.7 Å². The van der Waals surface area contributed by atoms with E-state index >= 15 is 0 Å². The lowest BCUT2D eigenvalue weighted by molar-refractivity contribution is -0.129. The maximum absolute atomic E-state index is 13.9. The highest BCUT2D eigenvalue weighted by Gasteiger charge is 2.44. The number of hydrogen-bond acceptors (Lipinski definition) is 12. The minimum atomic E-state index is -0.913. The third-order valence-corrected chi connectivity index (χ3v) is 19.2. The minimum absolute atomic E-state index is 0.0145. The number of ether oxygens (including phenoxy) is 2. The molecule has 4 aromatic rings. The van der Waals surface area contributed by atoms with Crippen LogP contribution in [0.5, 0.6) is 12.0 Å². The summed E-state index contributed by atoms with van der Waals surface area (Å²) in [6.07, 6.45) is 17.1. The molecule has 14 nitrogen and oxygen atoms in total. The number of aromatic nitrogens is 4. The molecule has 0 N–H and O–H groups in total. The van der Waals surface area contributed by atoms with Crippen molar-refractivity contribution >= 4 is 23.5 Å². The highest BCUT2D eigenvalue weighted by atomic mass is 19.1. The van der Waals surface area contributed by atoms with Gasteiger partial charge in [0.1, 0.15) is 24.8 Å². The number of aryl methyl sites for hydroxylation is 1. The van der Waals surface area contributed by atoms with E-state index in [2.05, 4.69) is 89.3 Å². The molecule has 5 atom stereocenters. The van der Waals surface area contributed by atoms with Crippen molar-refractivity contribution in [3.05, 3.63) is 118 Å². The van der Waals surface area contributed by atoms with Crippen LogP contribution in [0.4, 0.5) is 16.0 Å². The molecule has 396 valence electrons. The van der Waals surface area contributed by atoms with Crippen LogP contribution >= 0.6 is 0 Å². The van der Waals surface area contributed by atoms with Gasteiger partial charge in [-0.2, -0.15) is 19.9 Å². The number of hydrogen-bond donors (Lipinski definition) is 0. The van der Waals surface area contributed by atoms with Crippen molar-refractivity contribution in [1.82, 2.24) is 39.5 Å². The second-order valence-electron chi connectivity index (χ2n) is 23.6. The van der Waals surface area contributed by atoms with Crippen molar-refractivity contribution in [2.75, 3.05) is 103 Å². The molecule has 6 heterocycles. The van der Waals surface area contributed by atoms with Gasteiger partial charge < -0.3 is 34.0 Å². The van der Waals surface area contributed by atoms with E-state index in [9.17, 15) is 14.0 Å². The number of carbonyl (C=O) groups is 2. The zero-order valence-corrected chi connectivity index (χ0v) is 44.3. The van der Waals surface area contributed by atoms with Crippen LogP contribution in [0.2, 0.25) is 0 Å². The summed E-state index contributed by atoms with van der Waals surface area (Å²) in [6.45, 7) is 14.8. The maximum Gasteiger partial charge on any atom is 0.318 e. The Balaban J connectivity index is 0.745. The lowest BCUT2D eigenvalue weighted by atomic mass is 9.62. The van der Waals surface area contributed by atoms with Gasteiger partial charge in [0, 0.05) is 82.1 Å². The van der Waals surface area contributed by atoms with Gasteiger partial charge in [-0.25, -0.2) is 4.39 Å². The van der Waals surface area contributed by atoms with E-state index in [1.807, 2.05) is 4.90 Å². The first-order chi connectivity index (χ1) is 36.4. The third kappa shape index (κ3) is 9.92. The Bertz CT molecular complexity index is 2860. The number of carbonyl (C=O) groups excluding carboxylic acids is 2. The van der Waals surface area contributed by atoms with Crippen LogP contribution in [-0.2, 0) is 61.0 Å². The molecule has 12 rings (SSSR count). The Hall–Kier alpha value is -5.93. The Morgan fingerprint density at radius 1 is 0.653 bits per heavy atom. The SMILES string of the molecule is C=CC(=O)N1CCN(c2nc(OC[C@@H]3CCCN3C)nc3c2CC[C@@]2(CCc4c(cccc4C4C[C@@H](COc5nc6c(c(N7CCN(C(=O)C(=C)F)CC7)n5)CC[C@@]5(CCc7ccccc7C5)C6)N(C)C4)C2)C3)CC1. The van der Waals surface area contributed by atoms with Gasteiger partial charge in [0.2, 0.25) is 5.91 Å². The second-order valence-corrected chi connectivity index (χ2v) is 23.6. The molecule has 2 aromatic heterocycles. The molecule has 0 radical (unpaired) electrons. The van der Waals surface area contributed by atoms with Gasteiger partial charge in [-0.15, -0.1) is 0 Å². The number of likely N-dealkylation sites (tertiary alicyclic amines) is 2. The van der Waals surface area contributed by atoms with Crippen LogP contribution in [0, 0.1) is 10.8 Å². The number of likely N-dealkylation sites (N-methyl/N-ethyl adjacent to an activating group) is 2. The lowest BCUT2D eigenvalue weighted by Crippen LogP contribution is -2.49. The first kappa shape index (κ1) is 49.9. The molecular weight excluding hydrogens is 944 g/mol. The van der Waals surface area contributed by atoms with Crippen molar-refractivity contribution in [2.45, 2.75) is 114 Å². The molecule has 2 amide bonds. The van der Waals surface area contributed by atoms with Gasteiger partial charge in [-0.1, -0.05) is 55.6 Å². The van der Waals surface area contributed by atoms with Crippen molar-refractivity contribution in [3.63, 3.8) is 0 Å². The average molecular weight is 1020 g/mol. The van der Waals surface area contributed by atoms with Crippen LogP contribution in [0.15, 0.2) is 67.5 Å². The molecule has 15 heteroatoms. The Labute approximate surface area is 442 Å². The zero-order chi connectivity index (χ0) is 51.4. The summed E-state index contributed by atoms with van der Waals surface area (Å²) in [5.41, 5.74) is 12.4. The number of fused-ring (bicyclic) bond motifs is 4. The summed E-state index contributed by atoms with van der Waals surface area (Å²) in [6, 6.07) is 17.5. The summed E-state index contributed by atoms with van der Waals surface area (Å²) in [4.78, 5) is 58.7. The normalized spacial score (nSPS) is 26.7. The highest BCUT2D eigenvalue weighted by molar-refractivity contribution is 5.90. The predicted octanol–water partition coefficient (Wildman–Crippen LogP) is 6.90. The van der Waals surface area contributed by atoms with E-state index in [0.717, 1.165) is 139 Å². The van der Waals surface area contributed by atoms with E-state index in [4.69, 9.17) is 29.4 Å². The lowest BCUT2D eigenvalue weighted by Gasteiger charge is -2.43. The monoisotopic (exact) mass is 1020 g/mol. The van der Waals surface area contributed by atoms with E-state index in [-0.39, 0.29) is 22.8 Å². The highest BCUT2D eigenvalue weighted by Crippen LogP contribution is 2.50. The fourth-order valence-electron chi connectivity index (χ4n) is 14.7. The molecule has 0 saturated carbocycles. The van der Waals surface area contributed by atoms with Crippen molar-refractivity contribution in [1.29, 1.82) is 0 Å². The second kappa shape index (κ2) is 20.5. The average Bonchev–Trinajstić information content (AvgIpc) is 4.03. The number of halogens is 1. The largest absolute Gasteiger partial charge is 0.462 e. The van der Waals surface area contributed by atoms with Crippen LogP contribution in [0.25, 0.3) is 0 Å². The molecule has 75 heavy (non-hydrogen) atoms. The molecule has 2 aromatic carbocycles. The van der Waals surface area contributed by atoms with E-state index in [1.54, 1.807) is 4.90 Å². The Kier molecular flexibility index (Phi) is 13.7. The maximum atomic E-state index is 13.9. The Morgan fingerprint density at radius 2 is 1.21 bits per heavy atom. The molecule has 4 fully saturated rings. The first-order valence-electron chi connectivity index (χ1n) is 28.1. The van der Waals surface area contributed by atoms with E-state index in [0.29, 0.717) is 76.5 Å². The summed E-state index contributed by atoms with van der Waals surface area (Å²) < 4.78 is 27.1. The number of rotatable bonds is 11. The first-order valence-corrected chi connectivity index (χ1v) is 28.1. The van der Waals surface area contributed by atoms with Gasteiger partial charge in [0.25, 0.3) is 5.91 Å². The minimum Gasteiger partial charge on any atom is -0.462 e. The van der Waals surface area contributed by atoms with Crippen LogP contribution < -0.4 is 19.3 Å². The van der Waals surface area contributed by atoms with Crippen molar-refractivity contribution < 1.29 is 23.5 Å². The predicted molar refractivity (Wildman–Crippen MR) is 288 cm³/mol. The van der Waals surface area contributed by atoms with Gasteiger partial charge in [0.05, 0.1) is 11.4 Å². The molecule has 8 aliphatic rings. The smallest absolute Gasteiger partial charge is 0.318 e. The fourth-order valence-corrected chi connectivity index (χ4v) is 14.7. The van der Waals surface area contributed by atoms with Gasteiger partial charge in [-0.3, -0.25) is 14.5 Å². The number of benzene rings is 2. The van der Waals surface area contributed by atoms with Crippen LogP contribution in [0.1, 0.15) is 101 Å². The van der Waals surface area contributed by atoms with Gasteiger partial charge in [0.15, 0.2) is 5.83 Å². The topological polar surface area (TPSA) is 124 Å². The van der Waals surface area contributed by atoms with Crippen molar-refractivity contribution in [3.8, 4) is 12.0 Å². The van der Waals surface area contributed by atoms with Gasteiger partial charge in [-0.05, 0) is 168 Å². The number of piperazine rings is 2. The van der Waals surface area contributed by atoms with Gasteiger partial charge >= 0.3 is 12.0 Å². The molecule has 4 aliphatic heterocycles. The molecule has 4 aliphatic carbocycles. The fraction of sp³-hybridized carbons (Fsp3) is 0.567. The number of amides is 2. The molecule has 1 unspecified atom stereocenters. The molecule has 4 saturated heterocycles. The zero-order valence-electron chi connectivity index (χ0n) is 44.3. The summed E-state index contributed by atoms with van der Waals surface area (Å²) in [5.74, 6) is 0.737.